The molecule has 1 aliphatic rings. The molecule has 0 radical (unpaired) electrons. The van der Waals surface area contributed by atoms with Crippen molar-refractivity contribution in [2.45, 2.75) is 38.3 Å². The van der Waals surface area contributed by atoms with Gasteiger partial charge in [0.2, 0.25) is 0 Å². The molecule has 10 heteroatoms. The first-order chi connectivity index (χ1) is 17.1. The smallest absolute Gasteiger partial charge is 0.171 e. The van der Waals surface area contributed by atoms with Crippen molar-refractivity contribution >= 4 is 23.0 Å². The van der Waals surface area contributed by atoms with Crippen LogP contribution < -0.4 is 10.6 Å². The minimum absolute atomic E-state index is 0.0265. The van der Waals surface area contributed by atoms with Gasteiger partial charge >= 0.3 is 0 Å². The van der Waals surface area contributed by atoms with Crippen molar-refractivity contribution in [3.05, 3.63) is 53.6 Å². The summed E-state index contributed by atoms with van der Waals surface area (Å²) in [6, 6.07) is 12.0. The Morgan fingerprint density at radius 1 is 1.34 bits per heavy atom. The van der Waals surface area contributed by atoms with Crippen LogP contribution >= 0.6 is 0 Å². The summed E-state index contributed by atoms with van der Waals surface area (Å²) in [5.41, 5.74) is 5.78. The molecule has 0 bridgehead atoms. The zero-order valence-electron chi connectivity index (χ0n) is 19.3. The van der Waals surface area contributed by atoms with Crippen molar-refractivity contribution in [2.24, 2.45) is 0 Å². The normalized spacial score (nSPS) is 17.9. The number of aliphatic hydroxyl groups excluding tert-OH is 1. The predicted octanol–water partition coefficient (Wildman–Crippen LogP) is 2.26. The number of piperidine rings is 1. The maximum Gasteiger partial charge on any atom is 0.171 e. The number of aliphatic hydroxyl groups is 1. The number of aromatic amines is 1. The van der Waals surface area contributed by atoms with Gasteiger partial charge in [0.25, 0.3) is 0 Å². The Bertz CT molecular complexity index is 1420. The summed E-state index contributed by atoms with van der Waals surface area (Å²) >= 11 is 0. The van der Waals surface area contributed by atoms with Gasteiger partial charge in [-0.2, -0.15) is 10.4 Å². The molecular formula is C25H26N8O2. The number of benzene rings is 1. The zero-order chi connectivity index (χ0) is 24.4. The Kier molecular flexibility index (Phi) is 6.27. The fourth-order valence-electron chi connectivity index (χ4n) is 4.66. The van der Waals surface area contributed by atoms with Crippen LogP contribution in [0.5, 0.6) is 0 Å². The molecule has 5 rings (SSSR count). The molecule has 1 aliphatic heterocycles. The van der Waals surface area contributed by atoms with E-state index in [0.29, 0.717) is 23.5 Å². The standard InChI is InChI=1S/C25H26N8O2/c1-15-24(21(12-26)32-31-15)25-16(7-9-34)2-5-23(30-25)33-14-28-20-11-17(3-4-22(20)33)29-18-6-8-27-19(10-18)13-35/h2-5,11,13-14,18-19,27,29,34H,6-10H2,1H3,(H,31,32). The van der Waals surface area contributed by atoms with E-state index in [1.165, 1.54) is 0 Å². The lowest BCUT2D eigenvalue weighted by molar-refractivity contribution is -0.110. The lowest BCUT2D eigenvalue weighted by atomic mass is 10.00. The number of nitrogens with one attached hydrogen (secondary N) is 3. The SMILES string of the molecule is Cc1[nH]nc(C#N)c1-c1nc(-n2cnc3cc(NC4CCNC(C=O)C4)ccc32)ccc1CCO. The molecule has 4 N–H and O–H groups in total. The molecule has 1 fully saturated rings. The molecule has 4 aromatic rings. The average molecular weight is 471 g/mol. The lowest BCUT2D eigenvalue weighted by Crippen LogP contribution is -2.43. The quantitative estimate of drug-likeness (QED) is 0.301. The second kappa shape index (κ2) is 9.66. The van der Waals surface area contributed by atoms with E-state index < -0.39 is 0 Å². The molecule has 2 unspecified atom stereocenters. The molecule has 0 spiro atoms. The van der Waals surface area contributed by atoms with E-state index in [9.17, 15) is 15.2 Å². The van der Waals surface area contributed by atoms with Gasteiger partial charge in [0, 0.05) is 24.0 Å². The number of H-pyrrole nitrogens is 1. The monoisotopic (exact) mass is 470 g/mol. The van der Waals surface area contributed by atoms with E-state index >= 15 is 0 Å². The van der Waals surface area contributed by atoms with Crippen LogP contribution in [-0.4, -0.2) is 61.4 Å². The number of fused-ring (bicyclic) bond motifs is 1. The summed E-state index contributed by atoms with van der Waals surface area (Å²) in [5, 5.41) is 32.8. The van der Waals surface area contributed by atoms with Crippen molar-refractivity contribution in [1.29, 1.82) is 5.26 Å². The van der Waals surface area contributed by atoms with Crippen LogP contribution in [0.4, 0.5) is 5.69 Å². The highest BCUT2D eigenvalue weighted by atomic mass is 16.3. The number of hydrogen-bond acceptors (Lipinski definition) is 8. The van der Waals surface area contributed by atoms with Gasteiger partial charge in [0.15, 0.2) is 5.69 Å². The fraction of sp³-hybridized carbons (Fsp3) is 0.320. The number of hydrogen-bond donors (Lipinski definition) is 4. The molecule has 0 aliphatic carbocycles. The summed E-state index contributed by atoms with van der Waals surface area (Å²) in [6.07, 6.45) is 4.81. The third kappa shape index (κ3) is 4.39. The minimum Gasteiger partial charge on any atom is -0.396 e. The highest BCUT2D eigenvalue weighted by Crippen LogP contribution is 2.30. The number of aryl methyl sites for hydroxylation is 1. The molecule has 1 saturated heterocycles. The number of carbonyl (C=O) groups is 1. The van der Waals surface area contributed by atoms with Crippen molar-refractivity contribution in [2.75, 3.05) is 18.5 Å². The first kappa shape index (κ1) is 22.7. The van der Waals surface area contributed by atoms with Crippen molar-refractivity contribution < 1.29 is 9.90 Å². The number of nitriles is 1. The molecule has 2 atom stereocenters. The highest BCUT2D eigenvalue weighted by molar-refractivity contribution is 5.81. The third-order valence-corrected chi connectivity index (χ3v) is 6.40. The summed E-state index contributed by atoms with van der Waals surface area (Å²) in [5.74, 6) is 0.654. The topological polar surface area (TPSA) is 145 Å². The van der Waals surface area contributed by atoms with Crippen LogP contribution in [-0.2, 0) is 11.2 Å². The van der Waals surface area contributed by atoms with Crippen molar-refractivity contribution in [3.8, 4) is 23.1 Å². The number of aromatic nitrogens is 5. The third-order valence-electron chi connectivity index (χ3n) is 6.40. The van der Waals surface area contributed by atoms with Gasteiger partial charge in [-0.25, -0.2) is 9.97 Å². The van der Waals surface area contributed by atoms with E-state index in [1.807, 2.05) is 41.8 Å². The summed E-state index contributed by atoms with van der Waals surface area (Å²) < 4.78 is 1.90. The molecule has 178 valence electrons. The number of aldehydes is 1. The first-order valence-electron chi connectivity index (χ1n) is 11.6. The number of imidazole rings is 1. The van der Waals surface area contributed by atoms with Gasteiger partial charge in [0.1, 0.15) is 24.5 Å². The van der Waals surface area contributed by atoms with Crippen molar-refractivity contribution in [3.63, 3.8) is 0 Å². The Morgan fingerprint density at radius 2 is 2.23 bits per heavy atom. The van der Waals surface area contributed by atoms with Crippen molar-refractivity contribution in [1.82, 2.24) is 30.0 Å². The van der Waals surface area contributed by atoms with Gasteiger partial charge in [-0.1, -0.05) is 6.07 Å². The molecule has 1 aromatic carbocycles. The largest absolute Gasteiger partial charge is 0.396 e. The zero-order valence-corrected chi connectivity index (χ0v) is 19.3. The molecule has 35 heavy (non-hydrogen) atoms. The Labute approximate surface area is 202 Å². The second-order valence-electron chi connectivity index (χ2n) is 8.72. The van der Waals surface area contributed by atoms with E-state index in [2.05, 4.69) is 31.9 Å². The van der Waals surface area contributed by atoms with Gasteiger partial charge < -0.3 is 20.5 Å². The van der Waals surface area contributed by atoms with Gasteiger partial charge in [-0.05, 0) is 62.6 Å². The maximum absolute atomic E-state index is 11.1. The molecular weight excluding hydrogens is 444 g/mol. The van der Waals surface area contributed by atoms with Gasteiger partial charge in [0.05, 0.1) is 28.3 Å². The van der Waals surface area contributed by atoms with Gasteiger partial charge in [-0.3, -0.25) is 9.67 Å². The van der Waals surface area contributed by atoms with Crippen LogP contribution in [0.2, 0.25) is 0 Å². The molecule has 4 heterocycles. The Hall–Kier alpha value is -4.07. The van der Waals surface area contributed by atoms with Crippen LogP contribution in [0.25, 0.3) is 28.1 Å². The summed E-state index contributed by atoms with van der Waals surface area (Å²) in [7, 11) is 0. The van der Waals surface area contributed by atoms with E-state index in [4.69, 9.17) is 4.98 Å². The van der Waals surface area contributed by atoms with Crippen LogP contribution in [0, 0.1) is 18.3 Å². The number of pyridine rings is 1. The Balaban J connectivity index is 1.49. The maximum atomic E-state index is 11.1. The number of carbonyl (C=O) groups excluding carboxylic acids is 1. The molecule has 0 amide bonds. The summed E-state index contributed by atoms with van der Waals surface area (Å²) in [6.45, 7) is 2.63. The minimum atomic E-state index is -0.112. The predicted molar refractivity (Wildman–Crippen MR) is 131 cm³/mol. The average Bonchev–Trinajstić information content (AvgIpc) is 3.47. The molecule has 10 nitrogen and oxygen atoms in total. The number of anilines is 1. The van der Waals surface area contributed by atoms with Crippen LogP contribution in [0.1, 0.15) is 29.8 Å². The number of nitrogens with zero attached hydrogens (tertiary/aromatic N) is 5. The second-order valence-corrected chi connectivity index (χ2v) is 8.72. The highest BCUT2D eigenvalue weighted by Gasteiger charge is 2.21. The Morgan fingerprint density at radius 3 is 3.03 bits per heavy atom. The summed E-state index contributed by atoms with van der Waals surface area (Å²) in [4.78, 5) is 20.6. The van der Waals surface area contributed by atoms with E-state index in [0.717, 1.165) is 53.7 Å². The van der Waals surface area contributed by atoms with E-state index in [1.54, 1.807) is 6.33 Å². The lowest BCUT2D eigenvalue weighted by Gasteiger charge is -2.28. The van der Waals surface area contributed by atoms with Gasteiger partial charge in [-0.15, -0.1) is 0 Å². The van der Waals surface area contributed by atoms with E-state index in [-0.39, 0.29) is 24.4 Å². The molecule has 3 aromatic heterocycles. The van der Waals surface area contributed by atoms with Crippen LogP contribution in [0.3, 0.4) is 0 Å². The first-order valence-corrected chi connectivity index (χ1v) is 11.6. The molecule has 0 saturated carbocycles. The number of rotatable bonds is 7. The fourth-order valence-corrected chi connectivity index (χ4v) is 4.66. The van der Waals surface area contributed by atoms with Crippen LogP contribution in [0.15, 0.2) is 36.7 Å².